The summed E-state index contributed by atoms with van der Waals surface area (Å²) in [6.45, 7) is 2.68. The van der Waals surface area contributed by atoms with Crippen molar-refractivity contribution in [1.82, 2.24) is 9.97 Å². The lowest BCUT2D eigenvalue weighted by molar-refractivity contribution is 0.934. The number of nitrogens with one attached hydrogen (secondary N) is 2. The number of benzene rings is 1. The van der Waals surface area contributed by atoms with Gasteiger partial charge in [-0.2, -0.15) is 0 Å². The molecular formula is C14H17ClN4. The van der Waals surface area contributed by atoms with Crippen LogP contribution in [0.2, 0.25) is 5.02 Å². The first kappa shape index (κ1) is 13.6. The predicted molar refractivity (Wildman–Crippen MR) is 79.7 cm³/mol. The van der Waals surface area contributed by atoms with Crippen LogP contribution in [0.3, 0.4) is 0 Å². The molecule has 0 aliphatic heterocycles. The second-order valence-corrected chi connectivity index (χ2v) is 4.51. The van der Waals surface area contributed by atoms with Crippen molar-refractivity contribution in [3.8, 4) is 0 Å². The number of hydrogen-bond acceptors (Lipinski definition) is 4. The first-order chi connectivity index (χ1) is 9.22. The monoisotopic (exact) mass is 276 g/mol. The fourth-order valence-corrected chi connectivity index (χ4v) is 1.90. The zero-order valence-corrected chi connectivity index (χ0v) is 11.8. The van der Waals surface area contributed by atoms with Crippen LogP contribution < -0.4 is 10.6 Å². The molecule has 100 valence electrons. The second-order valence-electron chi connectivity index (χ2n) is 4.10. The highest BCUT2D eigenvalue weighted by molar-refractivity contribution is 6.31. The molecule has 0 saturated heterocycles. The predicted octanol–water partition coefficient (Wildman–Crippen LogP) is 3.35. The Morgan fingerprint density at radius 2 is 1.89 bits per heavy atom. The molecule has 1 heterocycles. The largest absolute Gasteiger partial charge is 0.373 e. The molecule has 0 bridgehead atoms. The van der Waals surface area contributed by atoms with Crippen molar-refractivity contribution in [2.24, 2.45) is 0 Å². The Labute approximate surface area is 118 Å². The van der Waals surface area contributed by atoms with Gasteiger partial charge in [0.2, 0.25) is 0 Å². The number of halogens is 1. The Hall–Kier alpha value is -1.81. The maximum Gasteiger partial charge on any atom is 0.132 e. The summed E-state index contributed by atoms with van der Waals surface area (Å²) >= 11 is 6.12. The molecule has 0 radical (unpaired) electrons. The summed E-state index contributed by atoms with van der Waals surface area (Å²) in [6.07, 6.45) is 0.802. The van der Waals surface area contributed by atoms with Crippen LogP contribution in [-0.2, 0) is 13.0 Å². The van der Waals surface area contributed by atoms with E-state index in [1.165, 1.54) is 0 Å². The molecular weight excluding hydrogens is 260 g/mol. The summed E-state index contributed by atoms with van der Waals surface area (Å²) in [5, 5.41) is 7.07. The third-order valence-electron chi connectivity index (χ3n) is 2.76. The van der Waals surface area contributed by atoms with Gasteiger partial charge < -0.3 is 10.6 Å². The molecule has 0 spiro atoms. The van der Waals surface area contributed by atoms with Crippen molar-refractivity contribution < 1.29 is 0 Å². The highest BCUT2D eigenvalue weighted by Crippen LogP contribution is 2.17. The van der Waals surface area contributed by atoms with Gasteiger partial charge >= 0.3 is 0 Å². The molecule has 0 aliphatic rings. The number of rotatable bonds is 5. The normalized spacial score (nSPS) is 10.3. The van der Waals surface area contributed by atoms with E-state index in [2.05, 4.69) is 20.6 Å². The third kappa shape index (κ3) is 3.58. The summed E-state index contributed by atoms with van der Waals surface area (Å²) in [6, 6.07) is 9.66. The molecule has 0 aliphatic carbocycles. The highest BCUT2D eigenvalue weighted by atomic mass is 35.5. The molecule has 0 fully saturated rings. The Balaban J connectivity index is 2.13. The van der Waals surface area contributed by atoms with Gasteiger partial charge in [-0.25, -0.2) is 9.97 Å². The van der Waals surface area contributed by atoms with E-state index in [0.29, 0.717) is 6.54 Å². The molecule has 4 nitrogen and oxygen atoms in total. The maximum absolute atomic E-state index is 6.12. The summed E-state index contributed by atoms with van der Waals surface area (Å²) in [5.41, 5.74) is 1.05. The molecule has 2 aromatic rings. The molecule has 0 amide bonds. The van der Waals surface area contributed by atoms with Crippen LogP contribution in [0.25, 0.3) is 0 Å². The van der Waals surface area contributed by atoms with E-state index in [0.717, 1.165) is 34.5 Å². The van der Waals surface area contributed by atoms with Crippen molar-refractivity contribution in [3.05, 3.63) is 46.7 Å². The molecule has 1 aromatic heterocycles. The van der Waals surface area contributed by atoms with Gasteiger partial charge in [-0.05, 0) is 11.6 Å². The van der Waals surface area contributed by atoms with Gasteiger partial charge in [-0.15, -0.1) is 0 Å². The number of anilines is 2. The summed E-state index contributed by atoms with van der Waals surface area (Å²) in [4.78, 5) is 8.79. The standard InChI is InChI=1S/C14H17ClN4/c1-3-12-18-13(16-2)8-14(19-12)17-9-10-6-4-5-7-11(10)15/h4-8H,3,9H2,1-2H3,(H2,16,17,18,19). The lowest BCUT2D eigenvalue weighted by Crippen LogP contribution is -2.06. The van der Waals surface area contributed by atoms with Crippen LogP contribution in [0.4, 0.5) is 11.6 Å². The van der Waals surface area contributed by atoms with Gasteiger partial charge in [-0.3, -0.25) is 0 Å². The zero-order valence-electron chi connectivity index (χ0n) is 11.1. The van der Waals surface area contributed by atoms with E-state index in [9.17, 15) is 0 Å². The fourth-order valence-electron chi connectivity index (χ4n) is 1.70. The minimum absolute atomic E-state index is 0.642. The fraction of sp³-hybridized carbons (Fsp3) is 0.286. The number of nitrogens with zero attached hydrogens (tertiary/aromatic N) is 2. The summed E-state index contributed by atoms with van der Waals surface area (Å²) in [7, 11) is 1.85. The van der Waals surface area contributed by atoms with Crippen LogP contribution >= 0.6 is 11.6 Å². The van der Waals surface area contributed by atoms with Gasteiger partial charge in [0.1, 0.15) is 17.5 Å². The van der Waals surface area contributed by atoms with E-state index in [1.807, 2.05) is 44.3 Å². The Morgan fingerprint density at radius 3 is 2.58 bits per heavy atom. The van der Waals surface area contributed by atoms with E-state index >= 15 is 0 Å². The topological polar surface area (TPSA) is 49.8 Å². The van der Waals surface area contributed by atoms with Gasteiger partial charge in [0.25, 0.3) is 0 Å². The van der Waals surface area contributed by atoms with Crippen LogP contribution in [-0.4, -0.2) is 17.0 Å². The Morgan fingerprint density at radius 1 is 1.16 bits per heavy atom. The lowest BCUT2D eigenvalue weighted by Gasteiger charge is -2.10. The lowest BCUT2D eigenvalue weighted by atomic mass is 10.2. The van der Waals surface area contributed by atoms with E-state index in [1.54, 1.807) is 0 Å². The van der Waals surface area contributed by atoms with Gasteiger partial charge in [0.15, 0.2) is 0 Å². The van der Waals surface area contributed by atoms with Gasteiger partial charge in [0, 0.05) is 31.1 Å². The molecule has 0 unspecified atom stereocenters. The zero-order chi connectivity index (χ0) is 13.7. The maximum atomic E-state index is 6.12. The number of aryl methyl sites for hydroxylation is 1. The molecule has 0 atom stereocenters. The Kier molecular flexibility index (Phi) is 4.58. The SMILES string of the molecule is CCc1nc(NC)cc(NCc2ccccc2Cl)n1. The minimum Gasteiger partial charge on any atom is -0.373 e. The average molecular weight is 277 g/mol. The van der Waals surface area contributed by atoms with Crippen molar-refractivity contribution in [3.63, 3.8) is 0 Å². The first-order valence-corrected chi connectivity index (χ1v) is 6.63. The van der Waals surface area contributed by atoms with Crippen molar-refractivity contribution in [2.45, 2.75) is 19.9 Å². The second kappa shape index (κ2) is 6.38. The van der Waals surface area contributed by atoms with Gasteiger partial charge in [0.05, 0.1) is 0 Å². The van der Waals surface area contributed by atoms with Crippen LogP contribution in [0.1, 0.15) is 18.3 Å². The van der Waals surface area contributed by atoms with E-state index < -0.39 is 0 Å². The van der Waals surface area contributed by atoms with Crippen molar-refractivity contribution in [2.75, 3.05) is 17.7 Å². The summed E-state index contributed by atoms with van der Waals surface area (Å²) < 4.78 is 0. The number of aromatic nitrogens is 2. The first-order valence-electron chi connectivity index (χ1n) is 6.26. The smallest absolute Gasteiger partial charge is 0.132 e. The van der Waals surface area contributed by atoms with Crippen LogP contribution in [0.5, 0.6) is 0 Å². The average Bonchev–Trinajstić information content (AvgIpc) is 2.46. The molecule has 2 N–H and O–H groups in total. The van der Waals surface area contributed by atoms with E-state index in [4.69, 9.17) is 11.6 Å². The highest BCUT2D eigenvalue weighted by Gasteiger charge is 2.03. The molecule has 1 aromatic carbocycles. The van der Waals surface area contributed by atoms with Crippen molar-refractivity contribution in [1.29, 1.82) is 0 Å². The molecule has 2 rings (SSSR count). The van der Waals surface area contributed by atoms with Crippen LogP contribution in [0.15, 0.2) is 30.3 Å². The summed E-state index contributed by atoms with van der Waals surface area (Å²) in [5.74, 6) is 2.43. The van der Waals surface area contributed by atoms with Crippen molar-refractivity contribution >= 4 is 23.2 Å². The Bertz CT molecular complexity index is 535. The van der Waals surface area contributed by atoms with Gasteiger partial charge in [-0.1, -0.05) is 36.7 Å². The minimum atomic E-state index is 0.642. The van der Waals surface area contributed by atoms with E-state index in [-0.39, 0.29) is 0 Å². The number of hydrogen-bond donors (Lipinski definition) is 2. The molecule has 0 saturated carbocycles. The molecule has 5 heteroatoms. The van der Waals surface area contributed by atoms with Crippen LogP contribution in [0, 0.1) is 0 Å². The molecule has 19 heavy (non-hydrogen) atoms. The quantitative estimate of drug-likeness (QED) is 0.879. The third-order valence-corrected chi connectivity index (χ3v) is 3.13.